The number of nitrogens with two attached hydrogens (primary N) is 1. The summed E-state index contributed by atoms with van der Waals surface area (Å²) in [5, 5.41) is 18.3. The number of aryl methyl sites for hydroxylation is 1. The van der Waals surface area contributed by atoms with E-state index in [9.17, 15) is 23.3 Å². The van der Waals surface area contributed by atoms with Crippen LogP contribution in [-0.2, 0) is 27.8 Å². The van der Waals surface area contributed by atoms with E-state index in [1.807, 2.05) is 37.3 Å². The number of fused-ring (bicyclic) bond motifs is 1. The lowest BCUT2D eigenvalue weighted by Gasteiger charge is -2.24. The van der Waals surface area contributed by atoms with Crippen LogP contribution in [0.2, 0.25) is 0 Å². The fourth-order valence-corrected chi connectivity index (χ4v) is 5.79. The number of rotatable bonds is 10. The minimum absolute atomic E-state index is 0.0341. The second-order valence-electron chi connectivity index (χ2n) is 9.68. The Kier molecular flexibility index (Phi) is 8.00. The second-order valence-corrected chi connectivity index (χ2v) is 11.5. The zero-order chi connectivity index (χ0) is 29.9. The number of carbonyl (C=O) groups is 1. The third-order valence-electron chi connectivity index (χ3n) is 6.63. The topological polar surface area (TPSA) is 162 Å². The second kappa shape index (κ2) is 11.8. The summed E-state index contributed by atoms with van der Waals surface area (Å²) >= 11 is 0. The first kappa shape index (κ1) is 28.5. The van der Waals surface area contributed by atoms with Crippen molar-refractivity contribution in [1.82, 2.24) is 10.2 Å². The molecule has 1 aromatic heterocycles. The first-order valence-corrected chi connectivity index (χ1v) is 14.4. The summed E-state index contributed by atoms with van der Waals surface area (Å²) < 4.78 is 34.5. The Bertz CT molecular complexity index is 1840. The molecule has 0 aliphatic heterocycles. The number of aromatic amines is 1. The third-order valence-corrected chi connectivity index (χ3v) is 8.34. The number of hydrogen-bond acceptors (Lipinski definition) is 8. The van der Waals surface area contributed by atoms with Gasteiger partial charge in [-0.3, -0.25) is 20.0 Å². The number of nitro groups is 1. The first-order chi connectivity index (χ1) is 20.1. The molecule has 3 N–H and O–H groups in total. The molecular formula is C30H27N5O6S. The summed E-state index contributed by atoms with van der Waals surface area (Å²) in [6, 6.07) is 24.9. The number of nitrogens with one attached hydrogen (secondary N) is 1. The molecule has 0 bridgehead atoms. The number of benzene rings is 4. The molecule has 1 atom stereocenters. The highest BCUT2D eigenvalue weighted by atomic mass is 32.2. The zero-order valence-electron chi connectivity index (χ0n) is 22.5. The highest BCUT2D eigenvalue weighted by Gasteiger charge is 2.37. The number of nitrogens with zero attached hydrogens (tertiary/aromatic N) is 3. The lowest BCUT2D eigenvalue weighted by atomic mass is 10.1. The van der Waals surface area contributed by atoms with Gasteiger partial charge in [0, 0.05) is 17.5 Å². The number of amides is 1. The van der Waals surface area contributed by atoms with Crippen molar-refractivity contribution in [3.63, 3.8) is 0 Å². The number of non-ortho nitro benzene ring substituents is 1. The van der Waals surface area contributed by atoms with Gasteiger partial charge in [-0.25, -0.2) is 8.42 Å². The van der Waals surface area contributed by atoms with Crippen LogP contribution in [0.25, 0.3) is 10.9 Å². The molecule has 0 aliphatic carbocycles. The van der Waals surface area contributed by atoms with Crippen LogP contribution in [0.1, 0.15) is 16.7 Å². The van der Waals surface area contributed by atoms with Crippen molar-refractivity contribution in [1.29, 1.82) is 0 Å². The number of aromatic nitrogens is 2. The average molecular weight is 586 g/mol. The van der Waals surface area contributed by atoms with Gasteiger partial charge in [-0.05, 0) is 66.9 Å². The minimum atomic E-state index is -4.42. The van der Waals surface area contributed by atoms with E-state index in [0.717, 1.165) is 11.1 Å². The average Bonchev–Trinajstić information content (AvgIpc) is 3.39. The molecule has 1 amide bonds. The van der Waals surface area contributed by atoms with Gasteiger partial charge in [0.1, 0.15) is 12.4 Å². The Hall–Kier alpha value is -5.07. The molecule has 42 heavy (non-hydrogen) atoms. The Morgan fingerprint density at radius 2 is 1.69 bits per heavy atom. The number of anilines is 1. The van der Waals surface area contributed by atoms with Crippen molar-refractivity contribution in [3.05, 3.63) is 124 Å². The van der Waals surface area contributed by atoms with E-state index in [0.29, 0.717) is 26.5 Å². The number of carbonyl (C=O) groups excluding carboxylic acids is 1. The van der Waals surface area contributed by atoms with Gasteiger partial charge >= 0.3 is 0 Å². The Balaban J connectivity index is 1.51. The molecule has 0 saturated carbocycles. The number of hydrogen-bond donors (Lipinski definition) is 2. The highest BCUT2D eigenvalue weighted by molar-refractivity contribution is 7.93. The van der Waals surface area contributed by atoms with Crippen LogP contribution in [0.4, 0.5) is 11.5 Å². The Labute approximate surface area is 241 Å². The molecule has 0 fully saturated rings. The van der Waals surface area contributed by atoms with E-state index >= 15 is 0 Å². The van der Waals surface area contributed by atoms with Crippen LogP contribution in [0, 0.1) is 17.0 Å². The molecule has 5 rings (SSSR count). The number of ether oxygens (including phenoxy) is 1. The quantitative estimate of drug-likeness (QED) is 0.177. The van der Waals surface area contributed by atoms with Crippen LogP contribution in [-0.4, -0.2) is 35.5 Å². The van der Waals surface area contributed by atoms with E-state index in [4.69, 9.17) is 10.5 Å². The summed E-state index contributed by atoms with van der Waals surface area (Å²) in [4.78, 5) is 24.2. The van der Waals surface area contributed by atoms with Crippen molar-refractivity contribution in [3.8, 4) is 5.75 Å². The van der Waals surface area contributed by atoms with Crippen molar-refractivity contribution in [2.24, 2.45) is 5.73 Å². The van der Waals surface area contributed by atoms with E-state index in [1.54, 1.807) is 42.5 Å². The molecule has 4 aromatic carbocycles. The Morgan fingerprint density at radius 3 is 2.36 bits per heavy atom. The van der Waals surface area contributed by atoms with Gasteiger partial charge in [0.25, 0.3) is 21.6 Å². The molecule has 0 unspecified atom stereocenters. The van der Waals surface area contributed by atoms with Gasteiger partial charge in [-0.15, -0.1) is 0 Å². The molecular weight excluding hydrogens is 558 g/mol. The standard InChI is InChI=1S/C30H27N5O6S/c1-20-7-14-25(15-8-20)42(39,40)34(30(36)27(31)17-21-5-3-2-4-6-21)29-26-18-24(13-16-28(26)32-33-29)41-19-22-9-11-23(12-10-22)35(37)38/h2-16,18,27H,17,19,31H2,1H3,(H,32,33)/t27-/m0/s1. The van der Waals surface area contributed by atoms with E-state index < -0.39 is 26.9 Å². The monoisotopic (exact) mass is 585 g/mol. The molecule has 0 spiro atoms. The lowest BCUT2D eigenvalue weighted by Crippen LogP contribution is -2.48. The van der Waals surface area contributed by atoms with Crippen LogP contribution in [0.5, 0.6) is 5.75 Å². The smallest absolute Gasteiger partial charge is 0.272 e. The van der Waals surface area contributed by atoms with Gasteiger partial charge in [0.2, 0.25) is 0 Å². The van der Waals surface area contributed by atoms with E-state index in [2.05, 4.69) is 10.2 Å². The van der Waals surface area contributed by atoms with Crippen molar-refractivity contribution >= 4 is 38.3 Å². The molecule has 1 heterocycles. The van der Waals surface area contributed by atoms with Gasteiger partial charge in [0.05, 0.1) is 21.4 Å². The molecule has 214 valence electrons. The molecule has 0 radical (unpaired) electrons. The molecule has 0 aliphatic rings. The molecule has 11 nitrogen and oxygen atoms in total. The third kappa shape index (κ3) is 5.99. The molecule has 0 saturated heterocycles. The predicted octanol–water partition coefficient (Wildman–Crippen LogP) is 4.65. The maximum absolute atomic E-state index is 14.0. The lowest BCUT2D eigenvalue weighted by molar-refractivity contribution is -0.384. The van der Waals surface area contributed by atoms with Crippen molar-refractivity contribution in [2.45, 2.75) is 30.9 Å². The van der Waals surface area contributed by atoms with E-state index in [-0.39, 0.29) is 29.4 Å². The summed E-state index contributed by atoms with van der Waals surface area (Å²) in [6.45, 7) is 1.93. The number of H-pyrrole nitrogens is 1. The Morgan fingerprint density at radius 1 is 1.00 bits per heavy atom. The SMILES string of the molecule is Cc1ccc(S(=O)(=O)N(C(=O)[C@@H](N)Cc2ccccc2)c2n[nH]c3ccc(OCc4ccc([N+](=O)[O-])cc4)cc23)cc1. The van der Waals surface area contributed by atoms with Crippen LogP contribution < -0.4 is 14.8 Å². The van der Waals surface area contributed by atoms with Gasteiger partial charge in [0.15, 0.2) is 5.82 Å². The highest BCUT2D eigenvalue weighted by Crippen LogP contribution is 2.32. The normalized spacial score (nSPS) is 12.1. The summed E-state index contributed by atoms with van der Waals surface area (Å²) in [7, 11) is -4.42. The fraction of sp³-hybridized carbons (Fsp3) is 0.133. The summed E-state index contributed by atoms with van der Waals surface area (Å²) in [5.41, 5.74) is 9.07. The number of nitro benzene ring substituents is 1. The number of sulfonamides is 1. The largest absolute Gasteiger partial charge is 0.489 e. The van der Waals surface area contributed by atoms with Crippen molar-refractivity contribution < 1.29 is 22.9 Å². The minimum Gasteiger partial charge on any atom is -0.489 e. The maximum atomic E-state index is 14.0. The van der Waals surface area contributed by atoms with Gasteiger partial charge in [-0.1, -0.05) is 48.0 Å². The van der Waals surface area contributed by atoms with E-state index in [1.165, 1.54) is 24.3 Å². The molecule has 12 heteroatoms. The van der Waals surface area contributed by atoms with Crippen LogP contribution in [0.3, 0.4) is 0 Å². The van der Waals surface area contributed by atoms with Gasteiger partial charge in [-0.2, -0.15) is 9.40 Å². The first-order valence-electron chi connectivity index (χ1n) is 12.9. The molecule has 5 aromatic rings. The van der Waals surface area contributed by atoms with Crippen LogP contribution >= 0.6 is 0 Å². The summed E-state index contributed by atoms with van der Waals surface area (Å²) in [5.74, 6) is -0.609. The summed E-state index contributed by atoms with van der Waals surface area (Å²) in [6.07, 6.45) is 0.117. The van der Waals surface area contributed by atoms with Crippen molar-refractivity contribution in [2.75, 3.05) is 4.31 Å². The van der Waals surface area contributed by atoms with Crippen LogP contribution in [0.15, 0.2) is 102 Å². The predicted molar refractivity (Wildman–Crippen MR) is 157 cm³/mol. The maximum Gasteiger partial charge on any atom is 0.272 e. The van der Waals surface area contributed by atoms with Gasteiger partial charge < -0.3 is 10.5 Å². The zero-order valence-corrected chi connectivity index (χ0v) is 23.3. The fourth-order valence-electron chi connectivity index (χ4n) is 4.36.